The molecule has 2 unspecified atom stereocenters. The molecule has 0 saturated carbocycles. The summed E-state index contributed by atoms with van der Waals surface area (Å²) in [7, 11) is 4.02. The minimum Gasteiger partial charge on any atom is -0.356 e. The van der Waals surface area contributed by atoms with Crippen molar-refractivity contribution >= 4 is 22.5 Å². The first-order valence-corrected chi connectivity index (χ1v) is 9.11. The molecule has 128 valence electrons. The molecular formula is C16H23N7S. The number of nitrogens with zero attached hydrogens (tertiary/aromatic N) is 7. The highest BCUT2D eigenvalue weighted by Crippen LogP contribution is 2.34. The molecule has 2 aromatic rings. The third-order valence-electron chi connectivity index (χ3n) is 4.93. The van der Waals surface area contributed by atoms with Crippen LogP contribution in [0.3, 0.4) is 0 Å². The van der Waals surface area contributed by atoms with E-state index in [-0.39, 0.29) is 0 Å². The van der Waals surface area contributed by atoms with Crippen molar-refractivity contribution in [2.45, 2.75) is 13.5 Å². The molecule has 2 aliphatic heterocycles. The van der Waals surface area contributed by atoms with Crippen LogP contribution >= 0.6 is 11.5 Å². The van der Waals surface area contributed by atoms with Gasteiger partial charge in [-0.05, 0) is 18.8 Å². The Labute approximate surface area is 146 Å². The summed E-state index contributed by atoms with van der Waals surface area (Å²) in [6.45, 7) is 7.39. The molecule has 0 amide bonds. The Kier molecular flexibility index (Phi) is 4.09. The standard InChI is InChI=1S/C16H23N7S/c1-11-4-17-10-18-15(11)23-7-12-5-22(6-13(12)8-23)9-14-19-16(21(2)3)24-20-14/h4,10,12-13H,5-9H2,1-3H3. The maximum Gasteiger partial charge on any atom is 0.204 e. The molecule has 7 nitrogen and oxygen atoms in total. The summed E-state index contributed by atoms with van der Waals surface area (Å²) in [5.41, 5.74) is 1.16. The van der Waals surface area contributed by atoms with Crippen molar-refractivity contribution in [1.29, 1.82) is 0 Å². The van der Waals surface area contributed by atoms with Gasteiger partial charge in [0, 0.05) is 63.6 Å². The fraction of sp³-hybridized carbons (Fsp3) is 0.625. The van der Waals surface area contributed by atoms with E-state index in [0.29, 0.717) is 11.8 Å². The molecule has 2 aliphatic rings. The van der Waals surface area contributed by atoms with Crippen LogP contribution in [0.2, 0.25) is 0 Å². The van der Waals surface area contributed by atoms with Gasteiger partial charge in [0.25, 0.3) is 0 Å². The smallest absolute Gasteiger partial charge is 0.204 e. The fourth-order valence-corrected chi connectivity index (χ4v) is 4.40. The van der Waals surface area contributed by atoms with Crippen molar-refractivity contribution in [3.63, 3.8) is 0 Å². The summed E-state index contributed by atoms with van der Waals surface area (Å²) >= 11 is 1.48. The second kappa shape index (κ2) is 6.25. The fourth-order valence-electron chi connectivity index (χ4n) is 3.81. The second-order valence-electron chi connectivity index (χ2n) is 7.04. The molecule has 2 aromatic heterocycles. The van der Waals surface area contributed by atoms with Crippen molar-refractivity contribution in [2.24, 2.45) is 11.8 Å². The van der Waals surface area contributed by atoms with Crippen molar-refractivity contribution in [3.05, 3.63) is 23.9 Å². The average Bonchev–Trinajstić information content (AvgIpc) is 3.22. The summed E-state index contributed by atoms with van der Waals surface area (Å²) in [5, 5.41) is 0.981. The zero-order valence-corrected chi connectivity index (χ0v) is 15.2. The Hall–Kier alpha value is -1.80. The summed E-state index contributed by atoms with van der Waals surface area (Å²) in [6, 6.07) is 0. The Morgan fingerprint density at radius 2 is 1.96 bits per heavy atom. The van der Waals surface area contributed by atoms with Gasteiger partial charge in [-0.1, -0.05) is 0 Å². The highest BCUT2D eigenvalue weighted by atomic mass is 32.1. The van der Waals surface area contributed by atoms with Gasteiger partial charge in [0.1, 0.15) is 12.1 Å². The Morgan fingerprint density at radius 1 is 1.21 bits per heavy atom. The lowest BCUT2D eigenvalue weighted by atomic mass is 10.0. The number of likely N-dealkylation sites (tertiary alicyclic amines) is 1. The van der Waals surface area contributed by atoms with Crippen LogP contribution in [-0.4, -0.2) is 64.5 Å². The third kappa shape index (κ3) is 2.95. The average molecular weight is 345 g/mol. The van der Waals surface area contributed by atoms with E-state index in [0.717, 1.165) is 55.1 Å². The van der Waals surface area contributed by atoms with Gasteiger partial charge in [-0.3, -0.25) is 4.90 Å². The SMILES string of the molecule is Cc1cncnc1N1CC2CN(Cc3nsc(N(C)C)n3)CC2C1. The molecule has 24 heavy (non-hydrogen) atoms. The summed E-state index contributed by atoms with van der Waals surface area (Å²) < 4.78 is 4.49. The molecule has 0 bridgehead atoms. The van der Waals surface area contributed by atoms with Gasteiger partial charge < -0.3 is 9.80 Å². The predicted molar refractivity (Wildman–Crippen MR) is 95.5 cm³/mol. The monoisotopic (exact) mass is 345 g/mol. The topological polar surface area (TPSA) is 61.3 Å². The van der Waals surface area contributed by atoms with Crippen LogP contribution in [0.1, 0.15) is 11.4 Å². The van der Waals surface area contributed by atoms with Gasteiger partial charge in [-0.2, -0.15) is 4.37 Å². The predicted octanol–water partition coefficient (Wildman–Crippen LogP) is 1.27. The first-order valence-electron chi connectivity index (χ1n) is 8.34. The van der Waals surface area contributed by atoms with E-state index in [4.69, 9.17) is 0 Å². The van der Waals surface area contributed by atoms with Crippen LogP contribution in [0.5, 0.6) is 0 Å². The molecule has 8 heteroatoms. The molecule has 0 aromatic carbocycles. The van der Waals surface area contributed by atoms with Gasteiger partial charge in [-0.15, -0.1) is 0 Å². The van der Waals surface area contributed by atoms with E-state index in [1.54, 1.807) is 6.33 Å². The number of anilines is 2. The van der Waals surface area contributed by atoms with Crippen LogP contribution in [0.25, 0.3) is 0 Å². The molecule has 0 spiro atoms. The molecule has 2 atom stereocenters. The normalized spacial score (nSPS) is 23.7. The number of aryl methyl sites for hydroxylation is 1. The number of fused-ring (bicyclic) bond motifs is 1. The van der Waals surface area contributed by atoms with Crippen LogP contribution < -0.4 is 9.80 Å². The molecule has 2 saturated heterocycles. The van der Waals surface area contributed by atoms with Crippen molar-refractivity contribution < 1.29 is 0 Å². The van der Waals surface area contributed by atoms with Crippen LogP contribution in [0, 0.1) is 18.8 Å². The van der Waals surface area contributed by atoms with Crippen molar-refractivity contribution in [3.8, 4) is 0 Å². The Bertz CT molecular complexity index is 702. The first kappa shape index (κ1) is 15.7. The Balaban J connectivity index is 1.36. The second-order valence-corrected chi connectivity index (χ2v) is 7.77. The maximum absolute atomic E-state index is 4.61. The van der Waals surface area contributed by atoms with E-state index in [2.05, 4.69) is 36.0 Å². The van der Waals surface area contributed by atoms with Crippen LogP contribution in [0.4, 0.5) is 10.9 Å². The minimum absolute atomic E-state index is 0.714. The van der Waals surface area contributed by atoms with Gasteiger partial charge in [0.2, 0.25) is 5.13 Å². The van der Waals surface area contributed by atoms with Gasteiger partial charge in [0.15, 0.2) is 5.82 Å². The lowest BCUT2D eigenvalue weighted by Gasteiger charge is -2.22. The molecule has 0 aliphatic carbocycles. The van der Waals surface area contributed by atoms with Crippen molar-refractivity contribution in [1.82, 2.24) is 24.2 Å². The largest absolute Gasteiger partial charge is 0.356 e. The van der Waals surface area contributed by atoms with E-state index in [1.165, 1.54) is 11.5 Å². The van der Waals surface area contributed by atoms with Gasteiger partial charge in [-0.25, -0.2) is 15.0 Å². The number of hydrogen-bond acceptors (Lipinski definition) is 8. The summed E-state index contributed by atoms with van der Waals surface area (Å²) in [4.78, 5) is 20.1. The number of rotatable bonds is 4. The van der Waals surface area contributed by atoms with E-state index in [1.807, 2.05) is 25.2 Å². The zero-order chi connectivity index (χ0) is 16.7. The molecule has 4 rings (SSSR count). The minimum atomic E-state index is 0.714. The first-order chi connectivity index (χ1) is 11.6. The molecule has 0 N–H and O–H groups in total. The quantitative estimate of drug-likeness (QED) is 0.827. The zero-order valence-electron chi connectivity index (χ0n) is 14.4. The molecule has 0 radical (unpaired) electrons. The number of aromatic nitrogens is 4. The van der Waals surface area contributed by atoms with E-state index >= 15 is 0 Å². The van der Waals surface area contributed by atoms with Gasteiger partial charge >= 0.3 is 0 Å². The highest BCUT2D eigenvalue weighted by Gasteiger charge is 2.40. The summed E-state index contributed by atoms with van der Waals surface area (Å²) in [6.07, 6.45) is 3.55. The van der Waals surface area contributed by atoms with Crippen LogP contribution in [-0.2, 0) is 6.54 Å². The van der Waals surface area contributed by atoms with E-state index < -0.39 is 0 Å². The molecular weight excluding hydrogens is 322 g/mol. The lowest BCUT2D eigenvalue weighted by molar-refractivity contribution is 0.302. The van der Waals surface area contributed by atoms with E-state index in [9.17, 15) is 0 Å². The third-order valence-corrected chi connectivity index (χ3v) is 5.86. The Morgan fingerprint density at radius 3 is 2.58 bits per heavy atom. The summed E-state index contributed by atoms with van der Waals surface area (Å²) in [5.74, 6) is 3.48. The maximum atomic E-state index is 4.61. The highest BCUT2D eigenvalue weighted by molar-refractivity contribution is 7.09. The van der Waals surface area contributed by atoms with Gasteiger partial charge in [0.05, 0.1) is 6.54 Å². The lowest BCUT2D eigenvalue weighted by Crippen LogP contribution is -2.29. The van der Waals surface area contributed by atoms with Crippen LogP contribution in [0.15, 0.2) is 12.5 Å². The molecule has 4 heterocycles. The molecule has 2 fully saturated rings. The van der Waals surface area contributed by atoms with Crippen molar-refractivity contribution in [2.75, 3.05) is 50.1 Å². The number of hydrogen-bond donors (Lipinski definition) is 0.